The first kappa shape index (κ1) is 13.7. The molecular formula is C15H17NO2S. The van der Waals surface area contributed by atoms with Crippen LogP contribution in [0, 0.1) is 6.92 Å². The quantitative estimate of drug-likeness (QED) is 0.824. The number of hydrogen-bond donors (Lipinski definition) is 2. The smallest absolute Gasteiger partial charge is 0.233 e. The average molecular weight is 275 g/mol. The Bertz CT molecular complexity index is 536. The van der Waals surface area contributed by atoms with Gasteiger partial charge in [0.05, 0.1) is 11.8 Å². The van der Waals surface area contributed by atoms with E-state index in [0.29, 0.717) is 13.0 Å². The zero-order valence-corrected chi connectivity index (χ0v) is 11.7. The van der Waals surface area contributed by atoms with Crippen LogP contribution in [0.4, 0.5) is 0 Å². The standard InChI is InChI=1S/C15H17NO2S/c1-11-7-8-13(18-11)10-16-15(17)14(19)9-12-5-3-2-4-6-12/h2-8,14,19H,9-10H2,1H3,(H,16,17). The van der Waals surface area contributed by atoms with Gasteiger partial charge < -0.3 is 9.73 Å². The van der Waals surface area contributed by atoms with E-state index in [2.05, 4.69) is 17.9 Å². The molecule has 19 heavy (non-hydrogen) atoms. The van der Waals surface area contributed by atoms with Crippen molar-refractivity contribution in [2.45, 2.75) is 25.1 Å². The summed E-state index contributed by atoms with van der Waals surface area (Å²) in [6, 6.07) is 13.6. The molecule has 0 saturated heterocycles. The van der Waals surface area contributed by atoms with Crippen LogP contribution < -0.4 is 5.32 Å². The summed E-state index contributed by atoms with van der Waals surface area (Å²) in [5.74, 6) is 1.52. The second kappa shape index (κ2) is 6.48. The monoisotopic (exact) mass is 275 g/mol. The molecule has 1 atom stereocenters. The molecule has 0 aliphatic rings. The van der Waals surface area contributed by atoms with Crippen molar-refractivity contribution in [2.75, 3.05) is 0 Å². The highest BCUT2D eigenvalue weighted by molar-refractivity contribution is 7.81. The van der Waals surface area contributed by atoms with E-state index in [-0.39, 0.29) is 11.2 Å². The van der Waals surface area contributed by atoms with Crippen LogP contribution in [0.2, 0.25) is 0 Å². The van der Waals surface area contributed by atoms with E-state index < -0.39 is 0 Å². The molecule has 0 aliphatic carbocycles. The van der Waals surface area contributed by atoms with E-state index in [1.54, 1.807) is 0 Å². The minimum Gasteiger partial charge on any atom is -0.465 e. The fraction of sp³-hybridized carbons (Fsp3) is 0.267. The highest BCUT2D eigenvalue weighted by Crippen LogP contribution is 2.09. The van der Waals surface area contributed by atoms with E-state index in [1.807, 2.05) is 49.4 Å². The largest absolute Gasteiger partial charge is 0.465 e. The molecule has 1 aromatic heterocycles. The summed E-state index contributed by atoms with van der Waals surface area (Å²) in [5.41, 5.74) is 1.10. The Morgan fingerprint density at radius 2 is 2.00 bits per heavy atom. The Labute approximate surface area is 118 Å². The van der Waals surface area contributed by atoms with Gasteiger partial charge in [0.15, 0.2) is 0 Å². The summed E-state index contributed by atoms with van der Waals surface area (Å²) in [6.45, 7) is 2.28. The summed E-state index contributed by atoms with van der Waals surface area (Å²) in [6.07, 6.45) is 0.618. The maximum atomic E-state index is 11.9. The lowest BCUT2D eigenvalue weighted by atomic mass is 10.1. The third kappa shape index (κ3) is 4.17. The van der Waals surface area contributed by atoms with Crippen LogP contribution >= 0.6 is 12.6 Å². The van der Waals surface area contributed by atoms with Crippen molar-refractivity contribution in [3.05, 3.63) is 59.5 Å². The van der Waals surface area contributed by atoms with E-state index in [0.717, 1.165) is 17.1 Å². The summed E-state index contributed by atoms with van der Waals surface area (Å²) in [4.78, 5) is 11.9. The summed E-state index contributed by atoms with van der Waals surface area (Å²) in [7, 11) is 0. The molecule has 0 spiro atoms. The molecular weight excluding hydrogens is 258 g/mol. The number of carbonyl (C=O) groups is 1. The molecule has 0 fully saturated rings. The molecule has 2 aromatic rings. The Hall–Kier alpha value is -1.68. The van der Waals surface area contributed by atoms with Gasteiger partial charge in [0, 0.05) is 0 Å². The van der Waals surface area contributed by atoms with E-state index in [9.17, 15) is 4.79 Å². The van der Waals surface area contributed by atoms with Gasteiger partial charge in [0.1, 0.15) is 11.5 Å². The fourth-order valence-corrected chi connectivity index (χ4v) is 2.10. The molecule has 0 aliphatic heterocycles. The number of benzene rings is 1. The Morgan fingerprint density at radius 1 is 1.26 bits per heavy atom. The van der Waals surface area contributed by atoms with Crippen molar-refractivity contribution in [3.8, 4) is 0 Å². The zero-order valence-electron chi connectivity index (χ0n) is 10.8. The minimum absolute atomic E-state index is 0.0822. The molecule has 1 amide bonds. The number of furan rings is 1. The van der Waals surface area contributed by atoms with Gasteiger partial charge in [-0.15, -0.1) is 0 Å². The van der Waals surface area contributed by atoms with Crippen LogP contribution in [0.25, 0.3) is 0 Å². The van der Waals surface area contributed by atoms with Crippen LogP contribution in [-0.2, 0) is 17.8 Å². The predicted molar refractivity (Wildman–Crippen MR) is 78.2 cm³/mol. The van der Waals surface area contributed by atoms with Gasteiger partial charge >= 0.3 is 0 Å². The van der Waals surface area contributed by atoms with Crippen molar-refractivity contribution < 1.29 is 9.21 Å². The predicted octanol–water partition coefficient (Wildman–Crippen LogP) is 2.75. The van der Waals surface area contributed by atoms with Gasteiger partial charge in [-0.3, -0.25) is 4.79 Å². The first-order chi connectivity index (χ1) is 9.15. The molecule has 3 nitrogen and oxygen atoms in total. The molecule has 1 heterocycles. The molecule has 1 N–H and O–H groups in total. The molecule has 100 valence electrons. The van der Waals surface area contributed by atoms with Gasteiger partial charge in [-0.25, -0.2) is 0 Å². The van der Waals surface area contributed by atoms with Crippen LogP contribution in [0.3, 0.4) is 0 Å². The first-order valence-electron chi connectivity index (χ1n) is 6.20. The number of aryl methyl sites for hydroxylation is 1. The van der Waals surface area contributed by atoms with Crippen molar-refractivity contribution in [1.82, 2.24) is 5.32 Å². The Balaban J connectivity index is 1.82. The number of thiol groups is 1. The van der Waals surface area contributed by atoms with Gasteiger partial charge in [0.25, 0.3) is 0 Å². The topological polar surface area (TPSA) is 42.2 Å². The lowest BCUT2D eigenvalue weighted by molar-refractivity contribution is -0.120. The lowest BCUT2D eigenvalue weighted by Gasteiger charge is -2.10. The van der Waals surface area contributed by atoms with Crippen LogP contribution in [0.1, 0.15) is 17.1 Å². The molecule has 0 radical (unpaired) electrons. The van der Waals surface area contributed by atoms with Crippen LogP contribution in [0.15, 0.2) is 46.9 Å². The van der Waals surface area contributed by atoms with Gasteiger partial charge in [-0.2, -0.15) is 12.6 Å². The Kier molecular flexibility index (Phi) is 4.68. The number of nitrogens with one attached hydrogen (secondary N) is 1. The molecule has 0 bridgehead atoms. The van der Waals surface area contributed by atoms with Crippen LogP contribution in [-0.4, -0.2) is 11.2 Å². The summed E-state index contributed by atoms with van der Waals surface area (Å²) in [5, 5.41) is 2.47. The molecule has 0 saturated carbocycles. The highest BCUT2D eigenvalue weighted by atomic mass is 32.1. The number of rotatable bonds is 5. The molecule has 1 aromatic carbocycles. The van der Waals surface area contributed by atoms with E-state index in [4.69, 9.17) is 4.42 Å². The van der Waals surface area contributed by atoms with Crippen molar-refractivity contribution in [1.29, 1.82) is 0 Å². The van der Waals surface area contributed by atoms with Crippen LogP contribution in [0.5, 0.6) is 0 Å². The maximum absolute atomic E-state index is 11.9. The molecule has 2 rings (SSSR count). The van der Waals surface area contributed by atoms with Gasteiger partial charge in [-0.1, -0.05) is 30.3 Å². The van der Waals surface area contributed by atoms with Gasteiger partial charge in [-0.05, 0) is 31.0 Å². The molecule has 4 heteroatoms. The van der Waals surface area contributed by atoms with E-state index in [1.165, 1.54) is 0 Å². The summed E-state index contributed by atoms with van der Waals surface area (Å²) >= 11 is 4.35. The third-order valence-corrected chi connectivity index (χ3v) is 3.22. The van der Waals surface area contributed by atoms with E-state index >= 15 is 0 Å². The minimum atomic E-state index is -0.349. The Morgan fingerprint density at radius 3 is 2.63 bits per heavy atom. The van der Waals surface area contributed by atoms with Crippen molar-refractivity contribution >= 4 is 18.5 Å². The van der Waals surface area contributed by atoms with Crippen molar-refractivity contribution in [2.24, 2.45) is 0 Å². The SMILES string of the molecule is Cc1ccc(CNC(=O)C(S)Cc2ccccc2)o1. The van der Waals surface area contributed by atoms with Crippen molar-refractivity contribution in [3.63, 3.8) is 0 Å². The number of carbonyl (C=O) groups excluding carboxylic acids is 1. The third-order valence-electron chi connectivity index (χ3n) is 2.81. The fourth-order valence-electron chi connectivity index (χ4n) is 1.80. The first-order valence-corrected chi connectivity index (χ1v) is 6.72. The zero-order chi connectivity index (χ0) is 13.7. The summed E-state index contributed by atoms with van der Waals surface area (Å²) < 4.78 is 5.39. The number of amides is 1. The second-order valence-corrected chi connectivity index (χ2v) is 5.06. The second-order valence-electron chi connectivity index (χ2n) is 4.44. The maximum Gasteiger partial charge on any atom is 0.233 e. The normalized spacial score (nSPS) is 12.1. The number of hydrogen-bond acceptors (Lipinski definition) is 3. The lowest BCUT2D eigenvalue weighted by Crippen LogP contribution is -2.32. The highest BCUT2D eigenvalue weighted by Gasteiger charge is 2.14. The average Bonchev–Trinajstić information content (AvgIpc) is 2.83. The van der Waals surface area contributed by atoms with Gasteiger partial charge in [0.2, 0.25) is 5.91 Å². The molecule has 1 unspecified atom stereocenters.